The lowest BCUT2D eigenvalue weighted by Gasteiger charge is -2.24. The first-order valence-electron chi connectivity index (χ1n) is 4.62. The minimum absolute atomic E-state index is 0.0945. The number of ketones is 1. The van der Waals surface area contributed by atoms with Crippen LogP contribution in [0.15, 0.2) is 12.2 Å². The molecule has 3 rings (SSSR count). The molecule has 2 fully saturated rings. The fraction of sp³-hybridized carbons (Fsp3) is 0.600. The van der Waals surface area contributed by atoms with Crippen molar-refractivity contribution in [1.82, 2.24) is 0 Å². The fourth-order valence-electron chi connectivity index (χ4n) is 2.88. The van der Waals surface area contributed by atoms with Gasteiger partial charge in [0.15, 0.2) is 5.78 Å². The van der Waals surface area contributed by atoms with E-state index in [2.05, 4.69) is 0 Å². The molecule has 68 valence electrons. The first kappa shape index (κ1) is 7.30. The summed E-state index contributed by atoms with van der Waals surface area (Å²) < 4.78 is 4.97. The van der Waals surface area contributed by atoms with Crippen molar-refractivity contribution in [3.63, 3.8) is 0 Å². The molecular weight excluding hydrogens is 168 g/mol. The number of carbonyl (C=O) groups is 2. The summed E-state index contributed by atoms with van der Waals surface area (Å²) in [5.74, 6) is 0.201. The third kappa shape index (κ3) is 0.705. The number of esters is 1. The molecule has 1 aliphatic heterocycles. The number of cyclic esters (lactones) is 1. The first-order valence-corrected chi connectivity index (χ1v) is 4.62. The van der Waals surface area contributed by atoms with Crippen LogP contribution in [-0.2, 0) is 14.3 Å². The van der Waals surface area contributed by atoms with Crippen LogP contribution in [0.3, 0.4) is 0 Å². The molecule has 2 aliphatic carbocycles. The second-order valence-electron chi connectivity index (χ2n) is 4.24. The van der Waals surface area contributed by atoms with E-state index in [1.54, 1.807) is 6.08 Å². The predicted octanol–water partition coefficient (Wildman–Crippen LogP) is 0.695. The van der Waals surface area contributed by atoms with Crippen LogP contribution in [0.5, 0.6) is 0 Å². The topological polar surface area (TPSA) is 43.4 Å². The minimum atomic E-state index is -0.462. The van der Waals surface area contributed by atoms with Gasteiger partial charge in [-0.25, -0.2) is 0 Å². The van der Waals surface area contributed by atoms with Gasteiger partial charge >= 0.3 is 5.97 Å². The summed E-state index contributed by atoms with van der Waals surface area (Å²) in [6.45, 7) is 0.316. The van der Waals surface area contributed by atoms with Crippen molar-refractivity contribution in [2.45, 2.75) is 12.8 Å². The van der Waals surface area contributed by atoms with Crippen LogP contribution in [0.1, 0.15) is 12.8 Å². The number of hydrogen-bond acceptors (Lipinski definition) is 3. The van der Waals surface area contributed by atoms with Crippen molar-refractivity contribution >= 4 is 11.8 Å². The Morgan fingerprint density at radius 2 is 2.31 bits per heavy atom. The van der Waals surface area contributed by atoms with E-state index < -0.39 is 5.41 Å². The molecule has 1 saturated carbocycles. The second kappa shape index (κ2) is 2.03. The maximum absolute atomic E-state index is 11.7. The lowest BCUT2D eigenvalue weighted by molar-refractivity contribution is -0.141. The Morgan fingerprint density at radius 1 is 1.46 bits per heavy atom. The normalized spacial score (nSPS) is 46.5. The van der Waals surface area contributed by atoms with Crippen molar-refractivity contribution in [2.75, 3.05) is 6.61 Å². The van der Waals surface area contributed by atoms with Gasteiger partial charge in [0, 0.05) is 0 Å². The van der Waals surface area contributed by atoms with Gasteiger partial charge in [-0.2, -0.15) is 0 Å². The van der Waals surface area contributed by atoms with E-state index in [0.717, 1.165) is 12.8 Å². The summed E-state index contributed by atoms with van der Waals surface area (Å²) in [7, 11) is 0. The van der Waals surface area contributed by atoms with Crippen LogP contribution in [0.2, 0.25) is 0 Å². The second-order valence-corrected chi connectivity index (χ2v) is 4.24. The molecule has 2 bridgehead atoms. The third-order valence-corrected chi connectivity index (χ3v) is 3.60. The van der Waals surface area contributed by atoms with Crippen LogP contribution in [0.25, 0.3) is 0 Å². The number of ether oxygens (including phenoxy) is 1. The minimum Gasteiger partial charge on any atom is -0.464 e. The lowest BCUT2D eigenvalue weighted by Crippen LogP contribution is -2.35. The molecule has 3 aliphatic rings. The maximum atomic E-state index is 11.7. The highest BCUT2D eigenvalue weighted by Crippen LogP contribution is 2.54. The molecule has 13 heavy (non-hydrogen) atoms. The smallest absolute Gasteiger partial charge is 0.310 e. The Hall–Kier alpha value is -1.12. The van der Waals surface area contributed by atoms with Crippen LogP contribution in [0, 0.1) is 17.3 Å². The van der Waals surface area contributed by atoms with E-state index in [0.29, 0.717) is 12.5 Å². The monoisotopic (exact) mass is 178 g/mol. The summed E-state index contributed by atoms with van der Waals surface area (Å²) in [5.41, 5.74) is -0.462. The Bertz CT molecular complexity index is 331. The Balaban J connectivity index is 2.12. The number of rotatable bonds is 0. The molecule has 1 spiro atoms. The van der Waals surface area contributed by atoms with Crippen LogP contribution in [-0.4, -0.2) is 18.4 Å². The molecule has 3 nitrogen and oxygen atoms in total. The van der Waals surface area contributed by atoms with Crippen LogP contribution in [0.4, 0.5) is 0 Å². The molecule has 0 amide bonds. The third-order valence-electron chi connectivity index (χ3n) is 3.60. The van der Waals surface area contributed by atoms with Crippen molar-refractivity contribution in [3.05, 3.63) is 12.2 Å². The molecule has 3 unspecified atom stereocenters. The zero-order valence-electron chi connectivity index (χ0n) is 7.16. The van der Waals surface area contributed by atoms with E-state index in [1.165, 1.54) is 0 Å². The van der Waals surface area contributed by atoms with Gasteiger partial charge < -0.3 is 4.74 Å². The van der Waals surface area contributed by atoms with Gasteiger partial charge in [0.2, 0.25) is 0 Å². The molecule has 3 atom stereocenters. The van der Waals surface area contributed by atoms with Gasteiger partial charge in [-0.1, -0.05) is 6.08 Å². The highest BCUT2D eigenvalue weighted by Gasteiger charge is 2.60. The molecule has 0 radical (unpaired) electrons. The van der Waals surface area contributed by atoms with E-state index in [1.807, 2.05) is 6.08 Å². The molecular formula is C10H10O3. The van der Waals surface area contributed by atoms with Gasteiger partial charge in [-0.05, 0) is 24.8 Å². The van der Waals surface area contributed by atoms with Gasteiger partial charge in [0.05, 0.1) is 11.3 Å². The zero-order chi connectivity index (χ0) is 9.05. The summed E-state index contributed by atoms with van der Waals surface area (Å²) >= 11 is 0. The van der Waals surface area contributed by atoms with Crippen molar-refractivity contribution in [1.29, 1.82) is 0 Å². The highest BCUT2D eigenvalue weighted by atomic mass is 16.5. The number of fused-ring (bicyclic) bond motifs is 1. The average molecular weight is 178 g/mol. The lowest BCUT2D eigenvalue weighted by atomic mass is 9.75. The zero-order valence-corrected chi connectivity index (χ0v) is 7.16. The standard InChI is InChI=1S/C10H10O3/c11-8-2-1-6-3-7-9(12)13-5-10(7,8)4-6/h1-2,6-7H,3-5H2. The fourth-order valence-corrected chi connectivity index (χ4v) is 2.88. The summed E-state index contributed by atoms with van der Waals surface area (Å²) in [4.78, 5) is 23.0. The number of allylic oxidation sites excluding steroid dienone is 2. The molecule has 0 aromatic rings. The molecule has 0 aromatic heterocycles. The van der Waals surface area contributed by atoms with Gasteiger partial charge in [0.25, 0.3) is 0 Å². The predicted molar refractivity (Wildman–Crippen MR) is 43.8 cm³/mol. The quantitative estimate of drug-likeness (QED) is 0.513. The van der Waals surface area contributed by atoms with E-state index in [4.69, 9.17) is 4.74 Å². The first-order chi connectivity index (χ1) is 6.22. The maximum Gasteiger partial charge on any atom is 0.310 e. The average Bonchev–Trinajstić information content (AvgIpc) is 2.58. The Morgan fingerprint density at radius 3 is 3.15 bits per heavy atom. The summed E-state index contributed by atoms with van der Waals surface area (Å²) in [6.07, 6.45) is 5.20. The van der Waals surface area contributed by atoms with E-state index >= 15 is 0 Å². The molecule has 0 aromatic carbocycles. The molecule has 1 saturated heterocycles. The van der Waals surface area contributed by atoms with Gasteiger partial charge in [-0.3, -0.25) is 9.59 Å². The summed E-state index contributed by atoms with van der Waals surface area (Å²) in [6, 6.07) is 0. The molecule has 0 N–H and O–H groups in total. The summed E-state index contributed by atoms with van der Waals surface area (Å²) in [5, 5.41) is 0. The van der Waals surface area contributed by atoms with Crippen LogP contribution >= 0.6 is 0 Å². The van der Waals surface area contributed by atoms with Crippen molar-refractivity contribution < 1.29 is 14.3 Å². The van der Waals surface area contributed by atoms with Crippen LogP contribution < -0.4 is 0 Å². The molecule has 1 heterocycles. The highest BCUT2D eigenvalue weighted by molar-refractivity contribution is 6.01. The van der Waals surface area contributed by atoms with E-state index in [9.17, 15) is 9.59 Å². The largest absolute Gasteiger partial charge is 0.464 e. The van der Waals surface area contributed by atoms with Gasteiger partial charge in [-0.15, -0.1) is 0 Å². The Labute approximate surface area is 75.8 Å². The van der Waals surface area contributed by atoms with Gasteiger partial charge in [0.1, 0.15) is 6.61 Å². The number of carbonyl (C=O) groups excluding carboxylic acids is 2. The molecule has 3 heteroatoms. The van der Waals surface area contributed by atoms with E-state index in [-0.39, 0.29) is 17.7 Å². The number of hydrogen-bond donors (Lipinski definition) is 0. The van der Waals surface area contributed by atoms with Crippen molar-refractivity contribution in [2.24, 2.45) is 17.3 Å². The van der Waals surface area contributed by atoms with Crippen molar-refractivity contribution in [3.8, 4) is 0 Å². The SMILES string of the molecule is O=C1OCC23CC(C=CC2=O)CC13. The Kier molecular flexibility index (Phi) is 1.14.